The minimum Gasteiger partial charge on any atom is -0.383 e. The van der Waals surface area contributed by atoms with Gasteiger partial charge in [0.25, 0.3) is 0 Å². The third-order valence-corrected chi connectivity index (χ3v) is 3.72. The first-order chi connectivity index (χ1) is 8.24. The van der Waals surface area contributed by atoms with Gasteiger partial charge in [-0.2, -0.15) is 0 Å². The summed E-state index contributed by atoms with van der Waals surface area (Å²) in [6, 6.07) is 2.41. The van der Waals surface area contributed by atoms with E-state index in [2.05, 4.69) is 35.2 Å². The first-order valence-corrected chi connectivity index (χ1v) is 6.55. The van der Waals surface area contributed by atoms with E-state index in [1.165, 1.54) is 4.88 Å². The fourth-order valence-electron chi connectivity index (χ4n) is 1.72. The van der Waals surface area contributed by atoms with Crippen molar-refractivity contribution >= 4 is 27.4 Å². The van der Waals surface area contributed by atoms with Crippen LogP contribution in [-0.4, -0.2) is 29.7 Å². The maximum Gasteiger partial charge on any atom is 0.138 e. The number of rotatable bonds is 5. The van der Waals surface area contributed by atoms with Crippen LogP contribution in [0.1, 0.15) is 18.7 Å². The topological polar surface area (TPSA) is 47.0 Å². The second kappa shape index (κ2) is 5.42. The van der Waals surface area contributed by atoms with Crippen molar-refractivity contribution in [2.24, 2.45) is 0 Å². The van der Waals surface area contributed by atoms with E-state index in [1.54, 1.807) is 24.8 Å². The Morgan fingerprint density at radius 1 is 1.47 bits per heavy atom. The quantitative estimate of drug-likeness (QED) is 0.887. The Morgan fingerprint density at radius 3 is 3.00 bits per heavy atom. The lowest BCUT2D eigenvalue weighted by Gasteiger charge is -2.13. The molecule has 1 N–H and O–H groups in total. The van der Waals surface area contributed by atoms with E-state index in [1.807, 2.05) is 0 Å². The highest BCUT2D eigenvalue weighted by Gasteiger charge is 2.09. The maximum atomic E-state index is 5.11. The normalized spacial score (nSPS) is 12.9. The molecule has 0 fully saturated rings. The van der Waals surface area contributed by atoms with Gasteiger partial charge in [0.05, 0.1) is 12.0 Å². The molecule has 0 bridgehead atoms. The van der Waals surface area contributed by atoms with Crippen molar-refractivity contribution in [3.05, 3.63) is 17.3 Å². The minimum absolute atomic E-state index is 0.239. The Kier molecular flexibility index (Phi) is 3.91. The number of methoxy groups -OCH3 is 1. The number of thiophene rings is 1. The van der Waals surface area contributed by atoms with Crippen LogP contribution in [-0.2, 0) is 11.2 Å². The average Bonchev–Trinajstić information content (AvgIpc) is 2.73. The molecule has 5 heteroatoms. The van der Waals surface area contributed by atoms with E-state index in [4.69, 9.17) is 4.74 Å². The molecule has 2 rings (SSSR count). The molecule has 1 atom stereocenters. The fourth-order valence-corrected chi connectivity index (χ4v) is 2.65. The van der Waals surface area contributed by atoms with E-state index in [0.29, 0.717) is 6.61 Å². The van der Waals surface area contributed by atoms with Crippen molar-refractivity contribution in [1.82, 2.24) is 9.97 Å². The van der Waals surface area contributed by atoms with Crippen LogP contribution < -0.4 is 5.32 Å². The van der Waals surface area contributed by atoms with Gasteiger partial charge >= 0.3 is 0 Å². The average molecular weight is 251 g/mol. The molecule has 0 radical (unpaired) electrons. The van der Waals surface area contributed by atoms with E-state index in [0.717, 1.165) is 22.5 Å². The zero-order chi connectivity index (χ0) is 12.3. The highest BCUT2D eigenvalue weighted by atomic mass is 32.1. The van der Waals surface area contributed by atoms with Crippen molar-refractivity contribution in [2.75, 3.05) is 19.0 Å². The molecule has 2 heterocycles. The van der Waals surface area contributed by atoms with Gasteiger partial charge in [-0.15, -0.1) is 11.3 Å². The van der Waals surface area contributed by atoms with Gasteiger partial charge in [0, 0.05) is 18.0 Å². The van der Waals surface area contributed by atoms with Crippen molar-refractivity contribution in [3.63, 3.8) is 0 Å². The molecule has 0 spiro atoms. The molecular formula is C12H17N3OS. The number of nitrogens with one attached hydrogen (secondary N) is 1. The molecule has 0 saturated carbocycles. The summed E-state index contributed by atoms with van der Waals surface area (Å²) in [5.74, 6) is 0.899. The number of fused-ring (bicyclic) bond motifs is 1. The molecule has 0 aliphatic carbocycles. The SMILES string of the molecule is CCc1cc2c(NC(C)COC)ncnc2s1. The lowest BCUT2D eigenvalue weighted by atomic mass is 10.3. The third kappa shape index (κ3) is 2.73. The second-order valence-corrected chi connectivity index (χ2v) is 5.12. The molecule has 2 aromatic heterocycles. The van der Waals surface area contributed by atoms with Gasteiger partial charge in [-0.25, -0.2) is 9.97 Å². The zero-order valence-electron chi connectivity index (χ0n) is 10.4. The molecule has 2 aromatic rings. The Balaban J connectivity index is 2.30. The second-order valence-electron chi connectivity index (χ2n) is 4.01. The Hall–Kier alpha value is -1.20. The maximum absolute atomic E-state index is 5.11. The predicted octanol–water partition coefficient (Wildman–Crippen LogP) is 2.70. The van der Waals surface area contributed by atoms with Crippen LogP contribution in [0.25, 0.3) is 10.2 Å². The summed E-state index contributed by atoms with van der Waals surface area (Å²) in [5.41, 5.74) is 0. The van der Waals surface area contributed by atoms with Crippen molar-refractivity contribution in [1.29, 1.82) is 0 Å². The van der Waals surface area contributed by atoms with Crippen LogP contribution in [0.15, 0.2) is 12.4 Å². The molecular weight excluding hydrogens is 234 g/mol. The van der Waals surface area contributed by atoms with E-state index in [9.17, 15) is 0 Å². The molecule has 0 saturated heterocycles. The van der Waals surface area contributed by atoms with Gasteiger partial charge in [0.1, 0.15) is 17.0 Å². The summed E-state index contributed by atoms with van der Waals surface area (Å²) in [7, 11) is 1.70. The van der Waals surface area contributed by atoms with Gasteiger partial charge in [-0.05, 0) is 19.4 Å². The number of anilines is 1. The summed E-state index contributed by atoms with van der Waals surface area (Å²) < 4.78 is 5.11. The van der Waals surface area contributed by atoms with Gasteiger partial charge in [0.15, 0.2) is 0 Å². The smallest absolute Gasteiger partial charge is 0.138 e. The number of hydrogen-bond acceptors (Lipinski definition) is 5. The molecule has 4 nitrogen and oxygen atoms in total. The lowest BCUT2D eigenvalue weighted by molar-refractivity contribution is 0.190. The lowest BCUT2D eigenvalue weighted by Crippen LogP contribution is -2.21. The summed E-state index contributed by atoms with van der Waals surface area (Å²) in [4.78, 5) is 11.0. The number of nitrogens with zero attached hydrogens (tertiary/aromatic N) is 2. The molecule has 0 aliphatic rings. The Morgan fingerprint density at radius 2 is 2.29 bits per heavy atom. The molecule has 0 amide bonds. The first-order valence-electron chi connectivity index (χ1n) is 5.73. The van der Waals surface area contributed by atoms with Crippen molar-refractivity contribution in [3.8, 4) is 0 Å². The van der Waals surface area contributed by atoms with E-state index in [-0.39, 0.29) is 6.04 Å². The molecule has 1 unspecified atom stereocenters. The highest BCUT2D eigenvalue weighted by Crippen LogP contribution is 2.28. The molecule has 92 valence electrons. The third-order valence-electron chi connectivity index (χ3n) is 2.53. The Labute approximate surface area is 105 Å². The van der Waals surface area contributed by atoms with Crippen LogP contribution in [0.4, 0.5) is 5.82 Å². The largest absolute Gasteiger partial charge is 0.383 e. The fraction of sp³-hybridized carbons (Fsp3) is 0.500. The van der Waals surface area contributed by atoms with Crippen LogP contribution in [0.3, 0.4) is 0 Å². The first kappa shape index (κ1) is 12.3. The number of aryl methyl sites for hydroxylation is 1. The number of ether oxygens (including phenoxy) is 1. The standard InChI is InChI=1S/C12H17N3OS/c1-4-9-5-10-11(15-8(2)6-16-3)13-7-14-12(10)17-9/h5,7-8H,4,6H2,1-3H3,(H,13,14,15). The van der Waals surface area contributed by atoms with Crippen molar-refractivity contribution in [2.45, 2.75) is 26.3 Å². The summed E-state index contributed by atoms with van der Waals surface area (Å²) in [6.07, 6.45) is 2.65. The van der Waals surface area contributed by atoms with Gasteiger partial charge < -0.3 is 10.1 Å². The van der Waals surface area contributed by atoms with Gasteiger partial charge in [-0.3, -0.25) is 0 Å². The number of hydrogen-bond donors (Lipinski definition) is 1. The van der Waals surface area contributed by atoms with E-state index >= 15 is 0 Å². The van der Waals surface area contributed by atoms with Crippen LogP contribution in [0.5, 0.6) is 0 Å². The highest BCUT2D eigenvalue weighted by molar-refractivity contribution is 7.18. The van der Waals surface area contributed by atoms with Crippen LogP contribution >= 0.6 is 11.3 Å². The summed E-state index contributed by atoms with van der Waals surface area (Å²) in [6.45, 7) is 4.89. The van der Waals surface area contributed by atoms with E-state index < -0.39 is 0 Å². The summed E-state index contributed by atoms with van der Waals surface area (Å²) >= 11 is 1.73. The van der Waals surface area contributed by atoms with Crippen molar-refractivity contribution < 1.29 is 4.74 Å². The zero-order valence-corrected chi connectivity index (χ0v) is 11.2. The number of aromatic nitrogens is 2. The predicted molar refractivity (Wildman–Crippen MR) is 71.8 cm³/mol. The molecule has 0 aliphatic heterocycles. The Bertz CT molecular complexity index is 497. The van der Waals surface area contributed by atoms with Gasteiger partial charge in [0.2, 0.25) is 0 Å². The monoisotopic (exact) mass is 251 g/mol. The van der Waals surface area contributed by atoms with Gasteiger partial charge in [-0.1, -0.05) is 6.92 Å². The van der Waals surface area contributed by atoms with Crippen LogP contribution in [0.2, 0.25) is 0 Å². The molecule has 0 aromatic carbocycles. The minimum atomic E-state index is 0.239. The summed E-state index contributed by atoms with van der Waals surface area (Å²) in [5, 5.41) is 4.46. The van der Waals surface area contributed by atoms with Crippen LogP contribution in [0, 0.1) is 0 Å². The molecule has 17 heavy (non-hydrogen) atoms.